The van der Waals surface area contributed by atoms with Crippen molar-refractivity contribution in [2.24, 2.45) is 0 Å². The van der Waals surface area contributed by atoms with Crippen molar-refractivity contribution in [2.45, 2.75) is 6.92 Å². The molecule has 2 rings (SSSR count). The van der Waals surface area contributed by atoms with E-state index in [0.29, 0.717) is 11.5 Å². The van der Waals surface area contributed by atoms with E-state index in [1.807, 2.05) is 0 Å². The molecule has 94 valence electrons. The quantitative estimate of drug-likeness (QED) is 0.867. The molecule has 0 aliphatic rings. The summed E-state index contributed by atoms with van der Waals surface area (Å²) in [6.07, 6.45) is 0. The van der Waals surface area contributed by atoms with Gasteiger partial charge in [0.15, 0.2) is 0 Å². The topological polar surface area (TPSA) is 67.2 Å². The second-order valence-electron chi connectivity index (χ2n) is 3.78. The standard InChI is InChI=1S/C12H12FN3O2/c1-8-6-11(14-7-12(17)18)16(15-8)10-5-3-2-4-9(10)13/h2-6,14H,7H2,1H3,(H,17,18). The second-order valence-corrected chi connectivity index (χ2v) is 3.78. The van der Waals surface area contributed by atoms with E-state index in [1.165, 1.54) is 10.7 Å². The maximum atomic E-state index is 13.7. The number of nitrogens with one attached hydrogen (secondary N) is 1. The predicted molar refractivity (Wildman–Crippen MR) is 64.4 cm³/mol. The number of para-hydroxylation sites is 1. The summed E-state index contributed by atoms with van der Waals surface area (Å²) in [6.45, 7) is 1.50. The van der Waals surface area contributed by atoms with Crippen molar-refractivity contribution in [3.8, 4) is 5.69 Å². The first-order valence-electron chi connectivity index (χ1n) is 5.35. The maximum absolute atomic E-state index is 13.7. The van der Waals surface area contributed by atoms with Crippen LogP contribution < -0.4 is 5.32 Å². The smallest absolute Gasteiger partial charge is 0.322 e. The van der Waals surface area contributed by atoms with Crippen LogP contribution in [0.25, 0.3) is 5.69 Å². The molecular formula is C12H12FN3O2. The number of nitrogens with zero attached hydrogens (tertiary/aromatic N) is 2. The number of hydrogen-bond donors (Lipinski definition) is 2. The molecule has 0 bridgehead atoms. The molecule has 0 saturated carbocycles. The summed E-state index contributed by atoms with van der Waals surface area (Å²) in [5.74, 6) is -0.965. The van der Waals surface area contributed by atoms with E-state index in [2.05, 4.69) is 10.4 Å². The number of aryl methyl sites for hydroxylation is 1. The number of carbonyl (C=O) groups is 1. The Kier molecular flexibility index (Phi) is 3.27. The first-order valence-corrected chi connectivity index (χ1v) is 5.35. The fraction of sp³-hybridized carbons (Fsp3) is 0.167. The van der Waals surface area contributed by atoms with E-state index in [9.17, 15) is 9.18 Å². The molecule has 0 aliphatic heterocycles. The van der Waals surface area contributed by atoms with Crippen LogP contribution in [0.4, 0.5) is 10.2 Å². The highest BCUT2D eigenvalue weighted by Crippen LogP contribution is 2.19. The average Bonchev–Trinajstić information content (AvgIpc) is 2.68. The Balaban J connectivity index is 2.38. The molecule has 1 heterocycles. The minimum atomic E-state index is -0.992. The van der Waals surface area contributed by atoms with E-state index in [0.717, 1.165) is 0 Å². The second kappa shape index (κ2) is 4.87. The van der Waals surface area contributed by atoms with Crippen LogP contribution in [0.1, 0.15) is 5.69 Å². The number of rotatable bonds is 4. The van der Waals surface area contributed by atoms with Crippen molar-refractivity contribution in [3.63, 3.8) is 0 Å². The van der Waals surface area contributed by atoms with E-state index in [1.54, 1.807) is 31.2 Å². The van der Waals surface area contributed by atoms with Gasteiger partial charge in [-0.15, -0.1) is 0 Å². The SMILES string of the molecule is Cc1cc(NCC(=O)O)n(-c2ccccc2F)n1. The van der Waals surface area contributed by atoms with Gasteiger partial charge in [-0.25, -0.2) is 9.07 Å². The lowest BCUT2D eigenvalue weighted by Crippen LogP contribution is -2.15. The van der Waals surface area contributed by atoms with Crippen LogP contribution in [0.3, 0.4) is 0 Å². The minimum absolute atomic E-state index is 0.250. The maximum Gasteiger partial charge on any atom is 0.322 e. The molecular weight excluding hydrogens is 237 g/mol. The highest BCUT2D eigenvalue weighted by molar-refractivity contribution is 5.72. The zero-order valence-electron chi connectivity index (χ0n) is 9.72. The molecule has 2 N–H and O–H groups in total. The number of carboxylic acid groups (broad SMARTS) is 1. The number of carboxylic acids is 1. The van der Waals surface area contributed by atoms with Gasteiger partial charge in [-0.3, -0.25) is 4.79 Å². The van der Waals surface area contributed by atoms with Gasteiger partial charge in [0.05, 0.1) is 5.69 Å². The van der Waals surface area contributed by atoms with E-state index < -0.39 is 11.8 Å². The number of hydrogen-bond acceptors (Lipinski definition) is 3. The van der Waals surface area contributed by atoms with Crippen LogP contribution >= 0.6 is 0 Å². The summed E-state index contributed by atoms with van der Waals surface area (Å²) in [6, 6.07) is 7.84. The van der Waals surface area contributed by atoms with Crippen LogP contribution in [0.2, 0.25) is 0 Å². The van der Waals surface area contributed by atoms with Crippen LogP contribution in [0, 0.1) is 12.7 Å². The van der Waals surface area contributed by atoms with Crippen LogP contribution in [0.15, 0.2) is 30.3 Å². The van der Waals surface area contributed by atoms with Crippen LogP contribution in [-0.2, 0) is 4.79 Å². The molecule has 0 unspecified atom stereocenters. The lowest BCUT2D eigenvalue weighted by atomic mass is 10.3. The van der Waals surface area contributed by atoms with Gasteiger partial charge in [-0.1, -0.05) is 12.1 Å². The van der Waals surface area contributed by atoms with Crippen molar-refractivity contribution in [1.29, 1.82) is 0 Å². The van der Waals surface area contributed by atoms with Gasteiger partial charge in [0.25, 0.3) is 0 Å². The molecule has 0 saturated heterocycles. The molecule has 0 amide bonds. The third-order valence-electron chi connectivity index (χ3n) is 2.33. The molecule has 18 heavy (non-hydrogen) atoms. The van der Waals surface area contributed by atoms with Crippen molar-refractivity contribution in [3.05, 3.63) is 41.8 Å². The number of benzene rings is 1. The first-order chi connectivity index (χ1) is 8.58. The van der Waals surface area contributed by atoms with E-state index >= 15 is 0 Å². The molecule has 6 heteroatoms. The fourth-order valence-electron chi connectivity index (χ4n) is 1.60. The summed E-state index contributed by atoms with van der Waals surface area (Å²) >= 11 is 0. The molecule has 5 nitrogen and oxygen atoms in total. The highest BCUT2D eigenvalue weighted by atomic mass is 19.1. The van der Waals surface area contributed by atoms with Gasteiger partial charge < -0.3 is 10.4 Å². The predicted octanol–water partition coefficient (Wildman–Crippen LogP) is 1.82. The lowest BCUT2D eigenvalue weighted by Gasteiger charge is -2.08. The monoisotopic (exact) mass is 249 g/mol. The van der Waals surface area contributed by atoms with E-state index in [4.69, 9.17) is 5.11 Å². The normalized spacial score (nSPS) is 10.3. The zero-order valence-corrected chi connectivity index (χ0v) is 9.72. The Hall–Kier alpha value is -2.37. The molecule has 0 fully saturated rings. The molecule has 0 atom stereocenters. The Morgan fingerprint density at radius 2 is 2.22 bits per heavy atom. The van der Waals surface area contributed by atoms with E-state index in [-0.39, 0.29) is 12.2 Å². The molecule has 0 radical (unpaired) electrons. The van der Waals surface area contributed by atoms with Gasteiger partial charge in [-0.05, 0) is 19.1 Å². The molecule has 2 aromatic rings. The highest BCUT2D eigenvalue weighted by Gasteiger charge is 2.11. The number of aliphatic carboxylic acids is 1. The van der Waals surface area contributed by atoms with Crippen molar-refractivity contribution < 1.29 is 14.3 Å². The molecule has 1 aromatic heterocycles. The van der Waals surface area contributed by atoms with Crippen LogP contribution in [0.5, 0.6) is 0 Å². The Bertz CT molecular complexity index is 580. The van der Waals surface area contributed by atoms with Gasteiger partial charge in [0.2, 0.25) is 0 Å². The molecule has 0 spiro atoms. The van der Waals surface area contributed by atoms with Gasteiger partial charge in [0, 0.05) is 6.07 Å². The Morgan fingerprint density at radius 1 is 1.50 bits per heavy atom. The summed E-state index contributed by atoms with van der Waals surface area (Å²) < 4.78 is 15.0. The number of aromatic nitrogens is 2. The lowest BCUT2D eigenvalue weighted by molar-refractivity contribution is -0.134. The summed E-state index contributed by atoms with van der Waals surface area (Å²) in [5.41, 5.74) is 0.949. The summed E-state index contributed by atoms with van der Waals surface area (Å²) in [4.78, 5) is 10.5. The molecule has 0 aliphatic carbocycles. The zero-order chi connectivity index (χ0) is 13.1. The Labute approximate surface area is 103 Å². The summed E-state index contributed by atoms with van der Waals surface area (Å²) in [7, 11) is 0. The third-order valence-corrected chi connectivity index (χ3v) is 2.33. The van der Waals surface area contributed by atoms with Gasteiger partial charge >= 0.3 is 5.97 Å². The third kappa shape index (κ3) is 2.48. The fourth-order valence-corrected chi connectivity index (χ4v) is 1.60. The Morgan fingerprint density at radius 3 is 2.89 bits per heavy atom. The number of anilines is 1. The van der Waals surface area contributed by atoms with Crippen molar-refractivity contribution in [2.75, 3.05) is 11.9 Å². The van der Waals surface area contributed by atoms with Crippen molar-refractivity contribution in [1.82, 2.24) is 9.78 Å². The average molecular weight is 249 g/mol. The molecule has 1 aromatic carbocycles. The summed E-state index contributed by atoms with van der Waals surface area (Å²) in [5, 5.41) is 15.5. The number of halogens is 1. The minimum Gasteiger partial charge on any atom is -0.480 e. The largest absolute Gasteiger partial charge is 0.480 e. The van der Waals surface area contributed by atoms with Gasteiger partial charge in [0.1, 0.15) is 23.9 Å². The van der Waals surface area contributed by atoms with Crippen molar-refractivity contribution >= 4 is 11.8 Å². The van der Waals surface area contributed by atoms with Crippen LogP contribution in [-0.4, -0.2) is 27.4 Å². The first kappa shape index (κ1) is 12.1. The van der Waals surface area contributed by atoms with Gasteiger partial charge in [-0.2, -0.15) is 5.10 Å².